The number of rotatable bonds is 8. The van der Waals surface area contributed by atoms with Crippen LogP contribution in [-0.4, -0.2) is 33.2 Å². The second-order valence-corrected chi connectivity index (χ2v) is 8.39. The molecule has 0 aliphatic heterocycles. The molecule has 0 spiro atoms. The predicted octanol–water partition coefficient (Wildman–Crippen LogP) is 3.16. The fraction of sp³-hybridized carbons (Fsp3) is 0.316. The Balaban J connectivity index is 1.92. The number of halogens is 1. The Morgan fingerprint density at radius 2 is 1.85 bits per heavy atom. The molecule has 0 unspecified atom stereocenters. The van der Waals surface area contributed by atoms with E-state index in [-0.39, 0.29) is 24.7 Å². The summed E-state index contributed by atoms with van der Waals surface area (Å²) in [6.07, 6.45) is 0.445. The minimum atomic E-state index is -3.41. The van der Waals surface area contributed by atoms with Gasteiger partial charge in [0, 0.05) is 30.7 Å². The number of carbonyl (C=O) groups is 1. The highest BCUT2D eigenvalue weighted by molar-refractivity contribution is 7.89. The first-order valence-corrected chi connectivity index (χ1v) is 10.4. The molecule has 0 bridgehead atoms. The maximum Gasteiger partial charge on any atom is 0.223 e. The van der Waals surface area contributed by atoms with Crippen molar-refractivity contribution in [1.29, 1.82) is 0 Å². The zero-order valence-electron chi connectivity index (χ0n) is 14.9. The maximum absolute atomic E-state index is 12.2. The number of hydrogen-bond donors (Lipinski definition) is 1. The minimum Gasteiger partial charge on any atom is -0.311 e. The van der Waals surface area contributed by atoms with Crippen LogP contribution in [-0.2, 0) is 21.2 Å². The summed E-state index contributed by atoms with van der Waals surface area (Å²) in [5, 5.41) is 0.567. The van der Waals surface area contributed by atoms with Gasteiger partial charge in [-0.1, -0.05) is 48.0 Å². The van der Waals surface area contributed by atoms with Crippen LogP contribution in [0.4, 0.5) is 5.69 Å². The molecule has 0 saturated heterocycles. The van der Waals surface area contributed by atoms with Crippen molar-refractivity contribution in [2.75, 3.05) is 23.7 Å². The van der Waals surface area contributed by atoms with E-state index in [1.807, 2.05) is 43.3 Å². The van der Waals surface area contributed by atoms with Crippen LogP contribution >= 0.6 is 11.6 Å². The van der Waals surface area contributed by atoms with Crippen LogP contribution in [0.3, 0.4) is 0 Å². The van der Waals surface area contributed by atoms with Gasteiger partial charge in [0.2, 0.25) is 15.9 Å². The quantitative estimate of drug-likeness (QED) is 0.747. The number of benzene rings is 2. The molecule has 1 N–H and O–H groups in total. The molecular formula is C19H23ClN2O3S. The number of aryl methyl sites for hydroxylation is 2. The standard InChI is InChI=1S/C19H23ClN2O3S/c1-15-8-9-18(14-19(15)20)22(16(2)23)12-11-21-26(24,25)13-10-17-6-4-3-5-7-17/h3-9,14,21H,10-13H2,1-2H3. The van der Waals surface area contributed by atoms with Gasteiger partial charge in [-0.25, -0.2) is 13.1 Å². The zero-order valence-corrected chi connectivity index (χ0v) is 16.5. The van der Waals surface area contributed by atoms with Crippen LogP contribution in [0.5, 0.6) is 0 Å². The van der Waals surface area contributed by atoms with E-state index in [9.17, 15) is 13.2 Å². The molecule has 7 heteroatoms. The molecule has 0 aliphatic carbocycles. The summed E-state index contributed by atoms with van der Waals surface area (Å²) in [5.74, 6) is -0.165. The van der Waals surface area contributed by atoms with Gasteiger partial charge in [-0.2, -0.15) is 0 Å². The Morgan fingerprint density at radius 1 is 1.15 bits per heavy atom. The SMILES string of the molecule is CC(=O)N(CCNS(=O)(=O)CCc1ccccc1)c1ccc(C)c(Cl)c1. The Bertz CT molecular complexity index is 854. The molecule has 0 aromatic heterocycles. The molecular weight excluding hydrogens is 372 g/mol. The van der Waals surface area contributed by atoms with Crippen LogP contribution in [0.2, 0.25) is 5.02 Å². The van der Waals surface area contributed by atoms with Crippen molar-refractivity contribution >= 4 is 33.2 Å². The third-order valence-electron chi connectivity index (χ3n) is 4.01. The first-order valence-electron chi connectivity index (χ1n) is 8.34. The first-order chi connectivity index (χ1) is 12.3. The number of nitrogens with zero attached hydrogens (tertiary/aromatic N) is 1. The molecule has 2 aromatic rings. The molecule has 0 radical (unpaired) electrons. The van der Waals surface area contributed by atoms with Gasteiger partial charge in [0.05, 0.1) is 5.75 Å². The fourth-order valence-corrected chi connectivity index (χ4v) is 3.73. The van der Waals surface area contributed by atoms with Gasteiger partial charge in [0.1, 0.15) is 0 Å². The van der Waals surface area contributed by atoms with Crippen molar-refractivity contribution in [3.8, 4) is 0 Å². The highest BCUT2D eigenvalue weighted by Gasteiger charge is 2.15. The third-order valence-corrected chi connectivity index (χ3v) is 5.80. The normalized spacial score (nSPS) is 11.3. The second kappa shape index (κ2) is 9.16. The van der Waals surface area contributed by atoms with Gasteiger partial charge >= 0.3 is 0 Å². The number of amides is 1. The van der Waals surface area contributed by atoms with Crippen LogP contribution in [0.25, 0.3) is 0 Å². The van der Waals surface area contributed by atoms with E-state index in [1.165, 1.54) is 11.8 Å². The lowest BCUT2D eigenvalue weighted by Crippen LogP contribution is -2.38. The molecule has 0 aliphatic rings. The van der Waals surface area contributed by atoms with Gasteiger partial charge in [-0.05, 0) is 36.6 Å². The van der Waals surface area contributed by atoms with Gasteiger partial charge in [-0.3, -0.25) is 4.79 Å². The summed E-state index contributed by atoms with van der Waals surface area (Å²) in [6, 6.07) is 14.8. The molecule has 5 nitrogen and oxygen atoms in total. The van der Waals surface area contributed by atoms with E-state index < -0.39 is 10.0 Å². The van der Waals surface area contributed by atoms with E-state index in [4.69, 9.17) is 11.6 Å². The molecule has 0 saturated carbocycles. The summed E-state index contributed by atoms with van der Waals surface area (Å²) in [6.45, 7) is 3.70. The Morgan fingerprint density at radius 3 is 2.46 bits per heavy atom. The van der Waals surface area contributed by atoms with Crippen molar-refractivity contribution in [2.45, 2.75) is 20.3 Å². The molecule has 2 aromatic carbocycles. The van der Waals surface area contributed by atoms with Crippen LogP contribution in [0, 0.1) is 6.92 Å². The third kappa shape index (κ3) is 6.12. The fourth-order valence-electron chi connectivity index (χ4n) is 2.50. The highest BCUT2D eigenvalue weighted by atomic mass is 35.5. The van der Waals surface area contributed by atoms with E-state index in [0.717, 1.165) is 11.1 Å². The van der Waals surface area contributed by atoms with Crippen molar-refractivity contribution in [1.82, 2.24) is 4.72 Å². The average Bonchev–Trinajstić information content (AvgIpc) is 2.60. The average molecular weight is 395 g/mol. The lowest BCUT2D eigenvalue weighted by molar-refractivity contribution is -0.116. The summed E-state index contributed by atoms with van der Waals surface area (Å²) in [5.41, 5.74) is 2.54. The van der Waals surface area contributed by atoms with Crippen molar-refractivity contribution in [2.24, 2.45) is 0 Å². The van der Waals surface area contributed by atoms with Gasteiger partial charge in [0.15, 0.2) is 0 Å². The largest absolute Gasteiger partial charge is 0.311 e. The second-order valence-electron chi connectivity index (χ2n) is 6.05. The Labute approximate surface area is 160 Å². The minimum absolute atomic E-state index is 0.00739. The number of carbonyl (C=O) groups excluding carboxylic acids is 1. The monoisotopic (exact) mass is 394 g/mol. The number of hydrogen-bond acceptors (Lipinski definition) is 3. The molecule has 0 fully saturated rings. The Hall–Kier alpha value is -1.89. The zero-order chi connectivity index (χ0) is 19.2. The molecule has 0 heterocycles. The summed E-state index contributed by atoms with van der Waals surface area (Å²) >= 11 is 6.12. The smallest absolute Gasteiger partial charge is 0.223 e. The molecule has 0 atom stereocenters. The summed E-state index contributed by atoms with van der Waals surface area (Å²) in [7, 11) is -3.41. The number of anilines is 1. The van der Waals surface area contributed by atoms with Gasteiger partial charge in [-0.15, -0.1) is 0 Å². The lowest BCUT2D eigenvalue weighted by atomic mass is 10.2. The van der Waals surface area contributed by atoms with Crippen LogP contribution < -0.4 is 9.62 Å². The van der Waals surface area contributed by atoms with E-state index >= 15 is 0 Å². The lowest BCUT2D eigenvalue weighted by Gasteiger charge is -2.22. The number of sulfonamides is 1. The molecule has 1 amide bonds. The van der Waals surface area contributed by atoms with Crippen LogP contribution in [0.1, 0.15) is 18.1 Å². The highest BCUT2D eigenvalue weighted by Crippen LogP contribution is 2.23. The van der Waals surface area contributed by atoms with Gasteiger partial charge in [0.25, 0.3) is 0 Å². The first kappa shape index (κ1) is 20.4. The predicted molar refractivity (Wildman–Crippen MR) is 106 cm³/mol. The van der Waals surface area contributed by atoms with Gasteiger partial charge < -0.3 is 4.90 Å². The molecule has 26 heavy (non-hydrogen) atoms. The summed E-state index contributed by atoms with van der Waals surface area (Å²) in [4.78, 5) is 13.4. The number of nitrogens with one attached hydrogen (secondary N) is 1. The van der Waals surface area contributed by atoms with Crippen molar-refractivity contribution in [3.05, 3.63) is 64.7 Å². The van der Waals surface area contributed by atoms with Crippen LogP contribution in [0.15, 0.2) is 48.5 Å². The van der Waals surface area contributed by atoms with E-state index in [1.54, 1.807) is 12.1 Å². The van der Waals surface area contributed by atoms with Crippen molar-refractivity contribution < 1.29 is 13.2 Å². The summed E-state index contributed by atoms with van der Waals surface area (Å²) < 4.78 is 26.9. The Kier molecular flexibility index (Phi) is 7.20. The molecule has 2 rings (SSSR count). The topological polar surface area (TPSA) is 66.5 Å². The maximum atomic E-state index is 12.2. The van der Waals surface area contributed by atoms with E-state index in [2.05, 4.69) is 4.72 Å². The van der Waals surface area contributed by atoms with Crippen molar-refractivity contribution in [3.63, 3.8) is 0 Å². The van der Waals surface area contributed by atoms with E-state index in [0.29, 0.717) is 17.1 Å². The molecule has 140 valence electrons.